The van der Waals surface area contributed by atoms with E-state index >= 15 is 0 Å². The van der Waals surface area contributed by atoms with Crippen LogP contribution in [0.25, 0.3) is 0 Å². The second kappa shape index (κ2) is 6.53. The first-order chi connectivity index (χ1) is 12.9. The zero-order chi connectivity index (χ0) is 19.2. The smallest absolute Gasteiger partial charge is 0.325 e. The molecule has 0 bridgehead atoms. The molecule has 0 aromatic heterocycles. The summed E-state index contributed by atoms with van der Waals surface area (Å²) in [6.07, 6.45) is 0.349. The highest BCUT2D eigenvalue weighted by Crippen LogP contribution is 2.39. The number of ether oxygens (including phenoxy) is 2. The second-order valence-electron chi connectivity index (χ2n) is 6.38. The van der Waals surface area contributed by atoms with Gasteiger partial charge in [-0.05, 0) is 41.8 Å². The Morgan fingerprint density at radius 3 is 2.52 bits per heavy atom. The van der Waals surface area contributed by atoms with Crippen LogP contribution in [0.15, 0.2) is 40.9 Å². The van der Waals surface area contributed by atoms with Crippen molar-refractivity contribution in [2.45, 2.75) is 25.4 Å². The molecule has 6 nitrogen and oxygen atoms in total. The van der Waals surface area contributed by atoms with Crippen LogP contribution in [0.5, 0.6) is 11.5 Å². The molecule has 0 saturated carbocycles. The lowest BCUT2D eigenvalue weighted by Crippen LogP contribution is -2.43. The van der Waals surface area contributed by atoms with Crippen molar-refractivity contribution in [1.82, 2.24) is 10.2 Å². The van der Waals surface area contributed by atoms with Gasteiger partial charge in [-0.15, -0.1) is 0 Å². The summed E-state index contributed by atoms with van der Waals surface area (Å²) in [5.41, 5.74) is 0.0684. The van der Waals surface area contributed by atoms with E-state index < -0.39 is 17.4 Å². The van der Waals surface area contributed by atoms with Gasteiger partial charge in [-0.25, -0.2) is 9.18 Å². The molecule has 2 aliphatic rings. The maximum atomic E-state index is 13.3. The lowest BCUT2D eigenvalue weighted by molar-refractivity contribution is -0.132. The molecule has 1 unspecified atom stereocenters. The largest absolute Gasteiger partial charge is 0.454 e. The lowest BCUT2D eigenvalue weighted by atomic mass is 9.87. The molecule has 0 radical (unpaired) electrons. The number of amides is 3. The maximum absolute atomic E-state index is 13.3. The van der Waals surface area contributed by atoms with Crippen molar-refractivity contribution in [3.63, 3.8) is 0 Å². The first-order valence-corrected chi connectivity index (χ1v) is 9.22. The number of halogens is 2. The van der Waals surface area contributed by atoms with Crippen LogP contribution in [0, 0.1) is 5.82 Å². The number of benzene rings is 2. The van der Waals surface area contributed by atoms with Crippen LogP contribution >= 0.6 is 15.9 Å². The molecule has 2 aromatic rings. The predicted octanol–water partition coefficient (Wildman–Crippen LogP) is 3.67. The Bertz CT molecular complexity index is 934. The van der Waals surface area contributed by atoms with Gasteiger partial charge >= 0.3 is 6.03 Å². The van der Waals surface area contributed by atoms with E-state index in [9.17, 15) is 14.0 Å². The van der Waals surface area contributed by atoms with Crippen LogP contribution in [-0.2, 0) is 16.9 Å². The summed E-state index contributed by atoms with van der Waals surface area (Å²) in [4.78, 5) is 26.9. The number of fused-ring (bicyclic) bond motifs is 1. The average Bonchev–Trinajstić information content (AvgIpc) is 3.20. The van der Waals surface area contributed by atoms with Gasteiger partial charge in [-0.1, -0.05) is 35.0 Å². The zero-order valence-corrected chi connectivity index (χ0v) is 16.0. The quantitative estimate of drug-likeness (QED) is 0.745. The van der Waals surface area contributed by atoms with Gasteiger partial charge in [0.05, 0.1) is 6.54 Å². The molecule has 1 fully saturated rings. The fourth-order valence-electron chi connectivity index (χ4n) is 3.39. The van der Waals surface area contributed by atoms with Crippen LogP contribution < -0.4 is 14.8 Å². The molecule has 0 spiro atoms. The maximum Gasteiger partial charge on any atom is 0.325 e. The minimum absolute atomic E-state index is 0.0742. The Kier molecular flexibility index (Phi) is 4.30. The number of nitrogens with one attached hydrogen (secondary N) is 1. The van der Waals surface area contributed by atoms with Gasteiger partial charge in [0, 0.05) is 4.47 Å². The van der Waals surface area contributed by atoms with Crippen LogP contribution in [0.2, 0.25) is 0 Å². The first-order valence-electron chi connectivity index (χ1n) is 8.43. The zero-order valence-electron chi connectivity index (χ0n) is 14.4. The van der Waals surface area contributed by atoms with Gasteiger partial charge in [-0.3, -0.25) is 9.69 Å². The molecule has 140 valence electrons. The molecule has 4 rings (SSSR count). The lowest BCUT2D eigenvalue weighted by Gasteiger charge is -2.26. The number of nitrogens with zero attached hydrogens (tertiary/aromatic N) is 1. The van der Waals surface area contributed by atoms with E-state index in [1.165, 1.54) is 24.3 Å². The van der Waals surface area contributed by atoms with Crippen molar-refractivity contribution in [2.75, 3.05) is 6.79 Å². The van der Waals surface area contributed by atoms with Gasteiger partial charge in [0.25, 0.3) is 5.91 Å². The first kappa shape index (κ1) is 17.8. The highest BCUT2D eigenvalue weighted by molar-refractivity contribution is 9.10. The van der Waals surface area contributed by atoms with Crippen molar-refractivity contribution in [1.29, 1.82) is 0 Å². The number of carbonyl (C=O) groups is 2. The van der Waals surface area contributed by atoms with E-state index in [4.69, 9.17) is 9.47 Å². The third kappa shape index (κ3) is 2.84. The van der Waals surface area contributed by atoms with Gasteiger partial charge < -0.3 is 14.8 Å². The Labute approximate surface area is 163 Å². The number of hydrogen-bond donors (Lipinski definition) is 1. The summed E-state index contributed by atoms with van der Waals surface area (Å²) in [6.45, 7) is 2.02. The summed E-state index contributed by atoms with van der Waals surface area (Å²) in [5, 5.41) is 2.79. The van der Waals surface area contributed by atoms with Crippen LogP contribution in [0.4, 0.5) is 9.18 Å². The highest BCUT2D eigenvalue weighted by Gasteiger charge is 2.51. The predicted molar refractivity (Wildman–Crippen MR) is 97.7 cm³/mol. The summed E-state index contributed by atoms with van der Waals surface area (Å²) in [7, 11) is 0. The second-order valence-corrected chi connectivity index (χ2v) is 7.24. The molecule has 2 heterocycles. The summed E-state index contributed by atoms with van der Waals surface area (Å²) < 4.78 is 24.7. The highest BCUT2D eigenvalue weighted by atomic mass is 79.9. The molecule has 3 amide bonds. The third-order valence-corrected chi connectivity index (χ3v) is 5.65. The Balaban J connectivity index is 1.66. The number of carbonyl (C=O) groups excluding carboxylic acids is 2. The standard InChI is InChI=1S/C19H16BrFN2O4/c1-2-19(12-3-5-13(21)6-4-12)17(24)23(18(25)22-19)9-11-7-15-16(8-14(11)20)27-10-26-15/h3-8H,2,9-10H2,1H3,(H,22,25). The minimum atomic E-state index is -1.20. The van der Waals surface area contributed by atoms with Gasteiger partial charge in [0.15, 0.2) is 11.5 Å². The van der Waals surface area contributed by atoms with E-state index in [0.717, 1.165) is 4.90 Å². The van der Waals surface area contributed by atoms with E-state index in [1.807, 2.05) is 6.92 Å². The molecular weight excluding hydrogens is 419 g/mol. The topological polar surface area (TPSA) is 67.9 Å². The number of imide groups is 1. The Morgan fingerprint density at radius 2 is 1.85 bits per heavy atom. The third-order valence-electron chi connectivity index (χ3n) is 4.91. The van der Waals surface area contributed by atoms with Gasteiger partial charge in [0.1, 0.15) is 11.4 Å². The van der Waals surface area contributed by atoms with E-state index in [-0.39, 0.29) is 19.2 Å². The summed E-state index contributed by atoms with van der Waals surface area (Å²) in [5.74, 6) is 0.409. The molecule has 1 atom stereocenters. The summed E-state index contributed by atoms with van der Waals surface area (Å²) in [6, 6.07) is 8.62. The molecule has 2 aliphatic heterocycles. The molecule has 0 aliphatic carbocycles. The van der Waals surface area contributed by atoms with Crippen molar-refractivity contribution in [3.05, 3.63) is 57.8 Å². The average molecular weight is 435 g/mol. The molecule has 8 heteroatoms. The van der Waals surface area contributed by atoms with Crippen molar-refractivity contribution >= 4 is 27.9 Å². The molecular formula is C19H16BrFN2O4. The Morgan fingerprint density at radius 1 is 1.19 bits per heavy atom. The van der Waals surface area contributed by atoms with Crippen LogP contribution in [-0.4, -0.2) is 23.6 Å². The number of urea groups is 1. The van der Waals surface area contributed by atoms with Crippen molar-refractivity contribution in [3.8, 4) is 11.5 Å². The van der Waals surface area contributed by atoms with Gasteiger partial charge in [-0.2, -0.15) is 0 Å². The van der Waals surface area contributed by atoms with Crippen LogP contribution in [0.1, 0.15) is 24.5 Å². The molecule has 1 N–H and O–H groups in total. The van der Waals surface area contributed by atoms with E-state index in [0.29, 0.717) is 33.5 Å². The van der Waals surface area contributed by atoms with Crippen molar-refractivity contribution < 1.29 is 23.5 Å². The summed E-state index contributed by atoms with van der Waals surface area (Å²) >= 11 is 3.45. The van der Waals surface area contributed by atoms with E-state index in [1.54, 1.807) is 12.1 Å². The Hall–Kier alpha value is -2.61. The molecule has 27 heavy (non-hydrogen) atoms. The van der Waals surface area contributed by atoms with Gasteiger partial charge in [0.2, 0.25) is 6.79 Å². The number of rotatable bonds is 4. The molecule has 1 saturated heterocycles. The SMILES string of the molecule is CCC1(c2ccc(F)cc2)NC(=O)N(Cc2cc3c(cc2Br)OCO3)C1=O. The number of hydrogen-bond acceptors (Lipinski definition) is 4. The molecule has 2 aromatic carbocycles. The minimum Gasteiger partial charge on any atom is -0.454 e. The fraction of sp³-hybridized carbons (Fsp3) is 0.263. The van der Waals surface area contributed by atoms with Crippen LogP contribution in [0.3, 0.4) is 0 Å². The van der Waals surface area contributed by atoms with E-state index in [2.05, 4.69) is 21.2 Å². The van der Waals surface area contributed by atoms with Crippen molar-refractivity contribution in [2.24, 2.45) is 0 Å². The fourth-order valence-corrected chi connectivity index (χ4v) is 3.84. The normalized spacial score (nSPS) is 20.9. The monoisotopic (exact) mass is 434 g/mol.